The lowest BCUT2D eigenvalue weighted by molar-refractivity contribution is -0.118. The van der Waals surface area contributed by atoms with E-state index in [1.807, 2.05) is 19.9 Å². The monoisotopic (exact) mass is 343 g/mol. The fourth-order valence-corrected chi connectivity index (χ4v) is 2.64. The number of thiazole rings is 1. The van der Waals surface area contributed by atoms with Gasteiger partial charge in [-0.2, -0.15) is 0 Å². The predicted octanol–water partition coefficient (Wildman–Crippen LogP) is 3.22. The van der Waals surface area contributed by atoms with Gasteiger partial charge in [-0.1, -0.05) is 26.0 Å². The number of nitrogens with two attached hydrogens (primary N) is 1. The van der Waals surface area contributed by atoms with E-state index in [2.05, 4.69) is 10.3 Å². The molecular weight excluding hydrogens is 325 g/mol. The highest BCUT2D eigenvalue weighted by molar-refractivity contribution is 7.15. The summed E-state index contributed by atoms with van der Waals surface area (Å²) in [6.07, 6.45) is 2.27. The second kappa shape index (κ2) is 8.22. The van der Waals surface area contributed by atoms with Crippen molar-refractivity contribution < 1.29 is 9.18 Å². The third-order valence-electron chi connectivity index (χ3n) is 3.07. The van der Waals surface area contributed by atoms with Crippen molar-refractivity contribution in [3.63, 3.8) is 0 Å². The smallest absolute Gasteiger partial charge is 0.243 e. The van der Waals surface area contributed by atoms with Crippen molar-refractivity contribution in [1.82, 2.24) is 4.98 Å². The number of nitrogens with one attached hydrogen (secondary N) is 1. The first kappa shape index (κ1) is 18.5. The molecule has 2 aromatic rings. The summed E-state index contributed by atoms with van der Waals surface area (Å²) in [6.45, 7) is 3.78. The van der Waals surface area contributed by atoms with Crippen LogP contribution in [-0.2, 0) is 11.2 Å². The summed E-state index contributed by atoms with van der Waals surface area (Å²) in [5, 5.41) is 3.23. The van der Waals surface area contributed by atoms with Gasteiger partial charge in [-0.15, -0.1) is 23.7 Å². The topological polar surface area (TPSA) is 68.0 Å². The maximum absolute atomic E-state index is 13.1. The fourth-order valence-electron chi connectivity index (χ4n) is 1.79. The lowest BCUT2D eigenvalue weighted by Gasteiger charge is -2.13. The third-order valence-corrected chi connectivity index (χ3v) is 3.98. The van der Waals surface area contributed by atoms with E-state index in [9.17, 15) is 9.18 Å². The summed E-state index contributed by atoms with van der Waals surface area (Å²) in [7, 11) is 0. The van der Waals surface area contributed by atoms with Crippen LogP contribution in [0.2, 0.25) is 0 Å². The SMILES string of the molecule is CC(C)C(N)C(=O)Nc1ncc(Cc2cccc(F)c2)s1.Cl. The van der Waals surface area contributed by atoms with Gasteiger partial charge in [0.25, 0.3) is 0 Å². The summed E-state index contributed by atoms with van der Waals surface area (Å²) in [6, 6.07) is 5.88. The molecule has 0 aliphatic rings. The highest BCUT2D eigenvalue weighted by atomic mass is 35.5. The second-order valence-corrected chi connectivity index (χ2v) is 6.31. The van der Waals surface area contributed by atoms with Crippen LogP contribution in [0.1, 0.15) is 24.3 Å². The Morgan fingerprint density at radius 2 is 2.18 bits per heavy atom. The summed E-state index contributed by atoms with van der Waals surface area (Å²) >= 11 is 1.37. The zero-order chi connectivity index (χ0) is 15.4. The first-order chi connectivity index (χ1) is 9.95. The molecule has 22 heavy (non-hydrogen) atoms. The van der Waals surface area contributed by atoms with Gasteiger partial charge in [0.05, 0.1) is 6.04 Å². The molecule has 0 radical (unpaired) electrons. The van der Waals surface area contributed by atoms with E-state index >= 15 is 0 Å². The molecule has 120 valence electrons. The number of amides is 1. The largest absolute Gasteiger partial charge is 0.320 e. The normalized spacial score (nSPS) is 11.9. The predicted molar refractivity (Wildman–Crippen MR) is 90.0 cm³/mol. The number of hydrogen-bond donors (Lipinski definition) is 2. The van der Waals surface area contributed by atoms with E-state index < -0.39 is 6.04 Å². The molecule has 2 rings (SSSR count). The Bertz CT molecular complexity index is 633. The van der Waals surface area contributed by atoms with Gasteiger partial charge in [-0.3, -0.25) is 4.79 Å². The molecule has 0 aliphatic heterocycles. The molecule has 0 aliphatic carbocycles. The molecule has 7 heteroatoms. The molecule has 1 amide bonds. The third kappa shape index (κ3) is 5.05. The van der Waals surface area contributed by atoms with Gasteiger partial charge in [0.1, 0.15) is 5.82 Å². The van der Waals surface area contributed by atoms with Crippen molar-refractivity contribution >= 4 is 34.8 Å². The van der Waals surface area contributed by atoms with E-state index in [0.717, 1.165) is 10.4 Å². The summed E-state index contributed by atoms with van der Waals surface area (Å²) in [5.41, 5.74) is 6.65. The van der Waals surface area contributed by atoms with Crippen molar-refractivity contribution in [1.29, 1.82) is 0 Å². The van der Waals surface area contributed by atoms with Crippen LogP contribution in [0.25, 0.3) is 0 Å². The van der Waals surface area contributed by atoms with E-state index in [-0.39, 0.29) is 30.0 Å². The van der Waals surface area contributed by atoms with Crippen LogP contribution in [0.4, 0.5) is 9.52 Å². The Morgan fingerprint density at radius 1 is 1.45 bits per heavy atom. The van der Waals surface area contributed by atoms with E-state index in [1.165, 1.54) is 23.5 Å². The minimum atomic E-state index is -0.555. The van der Waals surface area contributed by atoms with Crippen molar-refractivity contribution in [3.05, 3.63) is 46.7 Å². The average Bonchev–Trinajstić information content (AvgIpc) is 2.84. The Kier molecular flexibility index (Phi) is 6.93. The molecule has 1 unspecified atom stereocenters. The standard InChI is InChI=1S/C15H18FN3OS.ClH/c1-9(2)13(17)14(20)19-15-18-8-12(21-15)7-10-4-3-5-11(16)6-10;/h3-6,8-9,13H,7,17H2,1-2H3,(H,18,19,20);1H. The van der Waals surface area contributed by atoms with Gasteiger partial charge >= 0.3 is 0 Å². The molecule has 4 nitrogen and oxygen atoms in total. The van der Waals surface area contributed by atoms with Crippen LogP contribution < -0.4 is 11.1 Å². The highest BCUT2D eigenvalue weighted by Crippen LogP contribution is 2.21. The number of benzene rings is 1. The molecule has 3 N–H and O–H groups in total. The summed E-state index contributed by atoms with van der Waals surface area (Å²) in [4.78, 5) is 17.0. The number of nitrogens with zero attached hydrogens (tertiary/aromatic N) is 1. The molecule has 0 spiro atoms. The first-order valence-electron chi connectivity index (χ1n) is 6.71. The quantitative estimate of drug-likeness (QED) is 0.875. The Hall–Kier alpha value is -1.50. The van der Waals surface area contributed by atoms with Crippen molar-refractivity contribution in [2.24, 2.45) is 11.7 Å². The van der Waals surface area contributed by atoms with Crippen LogP contribution in [0.5, 0.6) is 0 Å². The van der Waals surface area contributed by atoms with Crippen LogP contribution in [0, 0.1) is 11.7 Å². The number of anilines is 1. The van der Waals surface area contributed by atoms with Gasteiger partial charge < -0.3 is 11.1 Å². The Balaban J connectivity index is 0.00000242. The number of carbonyl (C=O) groups is 1. The average molecular weight is 344 g/mol. The molecule has 1 aromatic heterocycles. The maximum Gasteiger partial charge on any atom is 0.243 e. The zero-order valence-electron chi connectivity index (χ0n) is 12.4. The van der Waals surface area contributed by atoms with Crippen LogP contribution in [0.3, 0.4) is 0 Å². The molecule has 1 atom stereocenters. The zero-order valence-corrected chi connectivity index (χ0v) is 14.0. The minimum absolute atomic E-state index is 0. The summed E-state index contributed by atoms with van der Waals surface area (Å²) in [5.74, 6) is -0.429. The first-order valence-corrected chi connectivity index (χ1v) is 7.53. The van der Waals surface area contributed by atoms with Crippen LogP contribution in [-0.4, -0.2) is 16.9 Å². The van der Waals surface area contributed by atoms with Gasteiger partial charge in [0, 0.05) is 17.5 Å². The highest BCUT2D eigenvalue weighted by Gasteiger charge is 2.18. The number of halogens is 2. The van der Waals surface area contributed by atoms with Gasteiger partial charge in [0.15, 0.2) is 5.13 Å². The number of carbonyl (C=O) groups excluding carboxylic acids is 1. The van der Waals surface area contributed by atoms with E-state index in [4.69, 9.17) is 5.73 Å². The maximum atomic E-state index is 13.1. The van der Waals surface area contributed by atoms with Gasteiger partial charge in [-0.05, 0) is 23.6 Å². The van der Waals surface area contributed by atoms with E-state index in [1.54, 1.807) is 12.3 Å². The molecule has 0 saturated carbocycles. The van der Waals surface area contributed by atoms with Gasteiger partial charge in [0.2, 0.25) is 5.91 Å². The van der Waals surface area contributed by atoms with Crippen molar-refractivity contribution in [2.45, 2.75) is 26.3 Å². The summed E-state index contributed by atoms with van der Waals surface area (Å²) < 4.78 is 13.1. The molecule has 0 bridgehead atoms. The van der Waals surface area contributed by atoms with Gasteiger partial charge in [-0.25, -0.2) is 9.37 Å². The molecule has 0 fully saturated rings. The second-order valence-electron chi connectivity index (χ2n) is 5.20. The number of hydrogen-bond acceptors (Lipinski definition) is 4. The van der Waals surface area contributed by atoms with Crippen LogP contribution in [0.15, 0.2) is 30.5 Å². The molecule has 0 saturated heterocycles. The minimum Gasteiger partial charge on any atom is -0.320 e. The van der Waals surface area contributed by atoms with E-state index in [0.29, 0.717) is 11.6 Å². The Labute approximate surface area is 139 Å². The molecular formula is C15H19ClFN3OS. The number of aromatic nitrogens is 1. The van der Waals surface area contributed by atoms with Crippen LogP contribution >= 0.6 is 23.7 Å². The van der Waals surface area contributed by atoms with Crippen molar-refractivity contribution in [2.75, 3.05) is 5.32 Å². The lowest BCUT2D eigenvalue weighted by Crippen LogP contribution is -2.39. The fraction of sp³-hybridized carbons (Fsp3) is 0.333. The lowest BCUT2D eigenvalue weighted by atomic mass is 10.1. The molecule has 1 aromatic carbocycles. The van der Waals surface area contributed by atoms with Crippen molar-refractivity contribution in [3.8, 4) is 0 Å². The number of rotatable bonds is 5. The Morgan fingerprint density at radius 3 is 2.82 bits per heavy atom. The molecule has 1 heterocycles.